The first-order valence-electron chi connectivity index (χ1n) is 8.58. The second kappa shape index (κ2) is 5.53. The van der Waals surface area contributed by atoms with Crippen molar-refractivity contribution in [2.45, 2.75) is 25.0 Å². The van der Waals surface area contributed by atoms with Crippen molar-refractivity contribution in [1.82, 2.24) is 0 Å². The molecule has 0 saturated carbocycles. The molecule has 2 heterocycles. The Kier molecular flexibility index (Phi) is 3.55. The van der Waals surface area contributed by atoms with Crippen LogP contribution in [-0.4, -0.2) is 31.1 Å². The Labute approximate surface area is 148 Å². The molecule has 1 N–H and O–H groups in total. The molecule has 1 spiro atoms. The van der Waals surface area contributed by atoms with Crippen LogP contribution in [0, 0.1) is 0 Å². The normalized spacial score (nSPS) is 22.5. The van der Waals surface area contributed by atoms with Crippen LogP contribution < -0.4 is 14.4 Å². The molecule has 0 aliphatic carbocycles. The molecule has 130 valence electrons. The average molecular weight is 337 g/mol. The molecule has 1 atom stereocenters. The number of anilines is 1. The Balaban J connectivity index is 1.92. The highest BCUT2D eigenvalue weighted by Crippen LogP contribution is 2.55. The number of β-amino-alcohol motifs (C(OH)–C–C–N with tert-alkyl or cyclic N) is 1. The van der Waals surface area contributed by atoms with Crippen molar-refractivity contribution in [2.24, 2.45) is 0 Å². The van der Waals surface area contributed by atoms with E-state index in [4.69, 9.17) is 9.47 Å². The van der Waals surface area contributed by atoms with Gasteiger partial charge in [0.2, 0.25) is 5.72 Å². The number of aliphatic hydroxyl groups excluding tert-OH is 1. The summed E-state index contributed by atoms with van der Waals surface area (Å²) in [5.74, 6) is 1.47. The van der Waals surface area contributed by atoms with E-state index in [0.29, 0.717) is 6.54 Å². The molecular weight excluding hydrogens is 314 g/mol. The smallest absolute Gasteiger partial charge is 0.212 e. The van der Waals surface area contributed by atoms with Crippen LogP contribution in [0.5, 0.6) is 11.5 Å². The first kappa shape index (κ1) is 16.0. The summed E-state index contributed by atoms with van der Waals surface area (Å²) in [6, 6.07) is 14.2. The van der Waals surface area contributed by atoms with Crippen LogP contribution in [-0.2, 0) is 5.41 Å². The minimum Gasteiger partial charge on any atom is -0.493 e. The van der Waals surface area contributed by atoms with E-state index in [0.717, 1.165) is 22.7 Å². The van der Waals surface area contributed by atoms with Crippen LogP contribution in [0.15, 0.2) is 48.5 Å². The molecule has 2 aliphatic rings. The van der Waals surface area contributed by atoms with E-state index < -0.39 is 5.72 Å². The van der Waals surface area contributed by atoms with E-state index in [1.165, 1.54) is 5.56 Å². The summed E-state index contributed by atoms with van der Waals surface area (Å²) in [6.45, 7) is 4.93. The Morgan fingerprint density at radius 1 is 1.12 bits per heavy atom. The van der Waals surface area contributed by atoms with Crippen molar-refractivity contribution >= 4 is 11.8 Å². The van der Waals surface area contributed by atoms with Gasteiger partial charge in [-0.1, -0.05) is 30.3 Å². The fourth-order valence-corrected chi connectivity index (χ4v) is 4.14. The van der Waals surface area contributed by atoms with Gasteiger partial charge in [0.15, 0.2) is 11.5 Å². The number of rotatable bonds is 3. The highest BCUT2D eigenvalue weighted by atomic mass is 16.5. The third-order valence-corrected chi connectivity index (χ3v) is 5.46. The topological polar surface area (TPSA) is 41.9 Å². The van der Waals surface area contributed by atoms with Crippen molar-refractivity contribution in [1.29, 1.82) is 0 Å². The molecule has 4 nitrogen and oxygen atoms in total. The fraction of sp³-hybridized carbons (Fsp3) is 0.333. The van der Waals surface area contributed by atoms with Gasteiger partial charge in [-0.05, 0) is 43.7 Å². The van der Waals surface area contributed by atoms with E-state index in [2.05, 4.69) is 49.1 Å². The summed E-state index contributed by atoms with van der Waals surface area (Å²) in [6.07, 6.45) is 4.21. The van der Waals surface area contributed by atoms with Crippen molar-refractivity contribution in [3.8, 4) is 11.5 Å². The monoisotopic (exact) mass is 337 g/mol. The standard InChI is InChI=1S/C21H23NO3/c1-20(2)16-8-4-5-9-17(16)22(13-14-23)21(20)12-11-15-7-6-10-18(24-3)19(15)25-21/h4-12,23H,13-14H2,1-3H3/t21-/m0/s1. The lowest BCUT2D eigenvalue weighted by atomic mass is 9.76. The lowest BCUT2D eigenvalue weighted by Crippen LogP contribution is -2.60. The highest BCUT2D eigenvalue weighted by Gasteiger charge is 2.58. The van der Waals surface area contributed by atoms with Crippen molar-refractivity contribution < 1.29 is 14.6 Å². The maximum absolute atomic E-state index is 9.69. The fourth-order valence-electron chi connectivity index (χ4n) is 4.14. The third-order valence-electron chi connectivity index (χ3n) is 5.46. The van der Waals surface area contributed by atoms with Gasteiger partial charge in [-0.3, -0.25) is 0 Å². The summed E-state index contributed by atoms with van der Waals surface area (Å²) in [4.78, 5) is 2.16. The molecule has 0 amide bonds. The molecule has 0 fully saturated rings. The average Bonchev–Trinajstić information content (AvgIpc) is 2.81. The number of hydrogen-bond donors (Lipinski definition) is 1. The zero-order chi connectivity index (χ0) is 17.7. The summed E-state index contributed by atoms with van der Waals surface area (Å²) in [5, 5.41) is 9.69. The van der Waals surface area contributed by atoms with E-state index in [1.807, 2.05) is 24.3 Å². The molecular formula is C21H23NO3. The zero-order valence-corrected chi connectivity index (χ0v) is 14.8. The highest BCUT2D eigenvalue weighted by molar-refractivity contribution is 5.73. The molecule has 0 aromatic heterocycles. The van der Waals surface area contributed by atoms with Gasteiger partial charge in [0, 0.05) is 17.8 Å². The van der Waals surface area contributed by atoms with Crippen LogP contribution in [0.4, 0.5) is 5.69 Å². The van der Waals surface area contributed by atoms with E-state index >= 15 is 0 Å². The predicted molar refractivity (Wildman–Crippen MR) is 99.3 cm³/mol. The van der Waals surface area contributed by atoms with Crippen LogP contribution in [0.1, 0.15) is 25.0 Å². The maximum atomic E-state index is 9.69. The van der Waals surface area contributed by atoms with Crippen LogP contribution in [0.3, 0.4) is 0 Å². The number of methoxy groups -OCH3 is 1. The van der Waals surface area contributed by atoms with E-state index in [-0.39, 0.29) is 12.0 Å². The number of hydrogen-bond acceptors (Lipinski definition) is 4. The number of ether oxygens (including phenoxy) is 2. The number of aliphatic hydroxyl groups is 1. The number of nitrogens with zero attached hydrogens (tertiary/aromatic N) is 1. The molecule has 2 aliphatic heterocycles. The minimum atomic E-state index is -0.707. The Hall–Kier alpha value is -2.46. The van der Waals surface area contributed by atoms with Gasteiger partial charge in [0.1, 0.15) is 0 Å². The van der Waals surface area contributed by atoms with E-state index in [9.17, 15) is 5.11 Å². The molecule has 4 rings (SSSR count). The Bertz CT molecular complexity index is 843. The maximum Gasteiger partial charge on any atom is 0.212 e. The Morgan fingerprint density at radius 3 is 2.68 bits per heavy atom. The molecule has 25 heavy (non-hydrogen) atoms. The largest absolute Gasteiger partial charge is 0.493 e. The molecule has 0 saturated heterocycles. The van der Waals surface area contributed by atoms with Crippen molar-refractivity contribution in [3.05, 3.63) is 59.7 Å². The second-order valence-electron chi connectivity index (χ2n) is 7.03. The first-order valence-corrected chi connectivity index (χ1v) is 8.58. The summed E-state index contributed by atoms with van der Waals surface area (Å²) >= 11 is 0. The lowest BCUT2D eigenvalue weighted by Gasteiger charge is -2.47. The van der Waals surface area contributed by atoms with Crippen LogP contribution >= 0.6 is 0 Å². The molecule has 2 aromatic carbocycles. The molecule has 4 heteroatoms. The third kappa shape index (κ3) is 2.04. The van der Waals surface area contributed by atoms with Gasteiger partial charge in [-0.2, -0.15) is 0 Å². The molecule has 2 aromatic rings. The first-order chi connectivity index (χ1) is 12.0. The molecule has 0 radical (unpaired) electrons. The second-order valence-corrected chi connectivity index (χ2v) is 7.03. The van der Waals surface area contributed by atoms with Gasteiger partial charge in [0.05, 0.1) is 19.1 Å². The molecule has 0 unspecified atom stereocenters. The van der Waals surface area contributed by atoms with Crippen LogP contribution in [0.2, 0.25) is 0 Å². The number of benzene rings is 2. The van der Waals surface area contributed by atoms with Crippen molar-refractivity contribution in [3.63, 3.8) is 0 Å². The number of fused-ring (bicyclic) bond motifs is 2. The van der Waals surface area contributed by atoms with Gasteiger partial charge in [-0.25, -0.2) is 0 Å². The lowest BCUT2D eigenvalue weighted by molar-refractivity contribution is 0.0477. The quantitative estimate of drug-likeness (QED) is 0.929. The van der Waals surface area contributed by atoms with Gasteiger partial charge in [-0.15, -0.1) is 0 Å². The summed E-state index contributed by atoms with van der Waals surface area (Å²) in [7, 11) is 1.66. The van der Waals surface area contributed by atoms with Crippen molar-refractivity contribution in [2.75, 3.05) is 25.2 Å². The van der Waals surface area contributed by atoms with Gasteiger partial charge >= 0.3 is 0 Å². The van der Waals surface area contributed by atoms with Gasteiger partial charge in [0.25, 0.3) is 0 Å². The predicted octanol–water partition coefficient (Wildman–Crippen LogP) is 3.59. The molecule has 0 bridgehead atoms. The number of para-hydroxylation sites is 2. The SMILES string of the molecule is COc1cccc2c1O[C@]1(C=C2)N(CCO)c2ccccc2C1(C)C. The van der Waals surface area contributed by atoms with E-state index in [1.54, 1.807) is 7.11 Å². The van der Waals surface area contributed by atoms with Crippen LogP contribution in [0.25, 0.3) is 6.08 Å². The minimum absolute atomic E-state index is 0.0577. The van der Waals surface area contributed by atoms with Gasteiger partial charge < -0.3 is 19.5 Å². The zero-order valence-electron chi connectivity index (χ0n) is 14.8. The Morgan fingerprint density at radius 2 is 1.92 bits per heavy atom. The summed E-state index contributed by atoms with van der Waals surface area (Å²) in [5.41, 5.74) is 2.31. The summed E-state index contributed by atoms with van der Waals surface area (Å²) < 4.78 is 12.2.